The van der Waals surface area contributed by atoms with Gasteiger partial charge in [-0.05, 0) is 37.1 Å². The lowest BCUT2D eigenvalue weighted by Crippen LogP contribution is -2.20. The minimum Gasteiger partial charge on any atom is -0.507 e. The highest BCUT2D eigenvalue weighted by molar-refractivity contribution is 5.51. The Hall–Kier alpha value is -2.70. The number of aromatic amines is 2. The quantitative estimate of drug-likeness (QED) is 0.716. The molecule has 19 heavy (non-hydrogen) atoms. The summed E-state index contributed by atoms with van der Waals surface area (Å²) in [6.45, 7) is 3.49. The summed E-state index contributed by atoms with van der Waals surface area (Å²) in [5.74, 6) is 0.278. The van der Waals surface area contributed by atoms with Crippen LogP contribution in [0.3, 0.4) is 0 Å². The number of hydrogen-bond acceptors (Lipinski definition) is 5. The van der Waals surface area contributed by atoms with Crippen molar-refractivity contribution in [2.75, 3.05) is 0 Å². The number of phenolic OH excluding ortho intramolecular Hbond substituents is 1. The topological polar surface area (TPSA) is 111 Å². The molecule has 0 atom stereocenters. The fourth-order valence-corrected chi connectivity index (χ4v) is 1.61. The molecule has 1 aromatic heterocycles. The van der Waals surface area contributed by atoms with Gasteiger partial charge in [-0.15, -0.1) is 10.2 Å². The molecule has 0 spiro atoms. The summed E-state index contributed by atoms with van der Waals surface area (Å²) < 4.78 is 0. The Balaban J connectivity index is 2.37. The van der Waals surface area contributed by atoms with Crippen LogP contribution in [0, 0.1) is 13.8 Å². The summed E-state index contributed by atoms with van der Waals surface area (Å²) in [7, 11) is 0. The van der Waals surface area contributed by atoms with Gasteiger partial charge in [-0.3, -0.25) is 14.8 Å². The molecule has 0 amide bonds. The van der Waals surface area contributed by atoms with Crippen molar-refractivity contribution >= 4 is 11.5 Å². The highest BCUT2D eigenvalue weighted by Gasteiger charge is 2.02. The Morgan fingerprint density at radius 1 is 1.00 bits per heavy atom. The number of aromatic nitrogens is 2. The molecule has 3 N–H and O–H groups in total. The van der Waals surface area contributed by atoms with Crippen molar-refractivity contribution in [1.82, 2.24) is 9.97 Å². The zero-order chi connectivity index (χ0) is 14.0. The first-order valence-corrected chi connectivity index (χ1v) is 5.51. The first kappa shape index (κ1) is 12.7. The summed E-state index contributed by atoms with van der Waals surface area (Å²) in [4.78, 5) is 26.5. The van der Waals surface area contributed by atoms with E-state index in [1.807, 2.05) is 4.98 Å². The average molecular weight is 260 g/mol. The summed E-state index contributed by atoms with van der Waals surface area (Å²) in [6, 6.07) is 4.43. The number of rotatable bonds is 2. The van der Waals surface area contributed by atoms with Gasteiger partial charge in [0.25, 0.3) is 5.56 Å². The van der Waals surface area contributed by atoms with E-state index in [0.717, 1.165) is 6.07 Å². The van der Waals surface area contributed by atoms with Gasteiger partial charge >= 0.3 is 5.69 Å². The third kappa shape index (κ3) is 2.95. The van der Waals surface area contributed by atoms with Gasteiger partial charge in [-0.25, -0.2) is 4.79 Å². The molecule has 0 bridgehead atoms. The van der Waals surface area contributed by atoms with Gasteiger partial charge in [0.15, 0.2) is 5.82 Å². The van der Waals surface area contributed by atoms with Crippen molar-refractivity contribution < 1.29 is 5.11 Å². The van der Waals surface area contributed by atoms with Gasteiger partial charge in [0.2, 0.25) is 0 Å². The van der Waals surface area contributed by atoms with Crippen molar-refractivity contribution in [3.05, 3.63) is 50.2 Å². The molecule has 7 nitrogen and oxygen atoms in total. The standard InChI is InChI=1S/C12H12N4O3/c1-6-3-8(4-7(2)11(6)18)15-16-9-5-10(17)14-12(19)13-9/h3-5,18H,1-2H3,(H2,13,14,17,19). The number of nitrogens with one attached hydrogen (secondary N) is 2. The molecule has 0 unspecified atom stereocenters. The summed E-state index contributed by atoms with van der Waals surface area (Å²) >= 11 is 0. The second-order valence-electron chi connectivity index (χ2n) is 4.10. The molecular weight excluding hydrogens is 248 g/mol. The molecule has 0 saturated heterocycles. The number of benzene rings is 1. The van der Waals surface area contributed by atoms with Crippen LogP contribution in [0.1, 0.15) is 11.1 Å². The van der Waals surface area contributed by atoms with E-state index in [1.165, 1.54) is 0 Å². The van der Waals surface area contributed by atoms with Crippen LogP contribution in [-0.2, 0) is 0 Å². The van der Waals surface area contributed by atoms with E-state index in [9.17, 15) is 14.7 Å². The first-order chi connectivity index (χ1) is 8.95. The fourth-order valence-electron chi connectivity index (χ4n) is 1.61. The van der Waals surface area contributed by atoms with Crippen LogP contribution >= 0.6 is 0 Å². The van der Waals surface area contributed by atoms with Crippen molar-refractivity contribution in [3.63, 3.8) is 0 Å². The van der Waals surface area contributed by atoms with Crippen LogP contribution in [0.2, 0.25) is 0 Å². The average Bonchev–Trinajstić information content (AvgIpc) is 2.32. The van der Waals surface area contributed by atoms with E-state index >= 15 is 0 Å². The molecule has 0 aliphatic carbocycles. The number of nitrogens with zero attached hydrogens (tertiary/aromatic N) is 2. The van der Waals surface area contributed by atoms with E-state index in [0.29, 0.717) is 16.8 Å². The second-order valence-corrected chi connectivity index (χ2v) is 4.10. The Labute approximate surface area is 107 Å². The summed E-state index contributed by atoms with van der Waals surface area (Å²) in [5, 5.41) is 17.3. The Morgan fingerprint density at radius 2 is 1.63 bits per heavy atom. The van der Waals surface area contributed by atoms with Gasteiger partial charge in [0, 0.05) is 6.07 Å². The molecule has 1 heterocycles. The maximum atomic E-state index is 11.1. The highest BCUT2D eigenvalue weighted by atomic mass is 16.3. The third-order valence-electron chi connectivity index (χ3n) is 2.50. The van der Waals surface area contributed by atoms with E-state index in [4.69, 9.17) is 0 Å². The molecule has 0 fully saturated rings. The first-order valence-electron chi connectivity index (χ1n) is 5.51. The SMILES string of the molecule is Cc1cc(N=Nc2cc(=O)[nH]c(=O)[nH]2)cc(C)c1O. The van der Waals surface area contributed by atoms with Gasteiger partial charge in [0.1, 0.15) is 5.75 Å². The molecule has 2 rings (SSSR count). The lowest BCUT2D eigenvalue weighted by Gasteiger charge is -2.03. The number of aryl methyl sites for hydroxylation is 2. The van der Waals surface area contributed by atoms with Crippen LogP contribution < -0.4 is 11.2 Å². The number of aromatic hydroxyl groups is 1. The molecule has 98 valence electrons. The zero-order valence-electron chi connectivity index (χ0n) is 10.4. The summed E-state index contributed by atoms with van der Waals surface area (Å²) in [6.07, 6.45) is 0. The largest absolute Gasteiger partial charge is 0.507 e. The Kier molecular flexibility index (Phi) is 3.28. The number of H-pyrrole nitrogens is 2. The van der Waals surface area contributed by atoms with Gasteiger partial charge in [-0.2, -0.15) is 0 Å². The second kappa shape index (κ2) is 4.89. The van der Waals surface area contributed by atoms with E-state index in [-0.39, 0.29) is 11.6 Å². The normalized spacial score (nSPS) is 11.1. The van der Waals surface area contributed by atoms with Crippen LogP contribution in [-0.4, -0.2) is 15.1 Å². The zero-order valence-corrected chi connectivity index (χ0v) is 10.4. The van der Waals surface area contributed by atoms with Crippen molar-refractivity contribution in [3.8, 4) is 5.75 Å². The van der Waals surface area contributed by atoms with Crippen molar-refractivity contribution in [2.24, 2.45) is 10.2 Å². The van der Waals surface area contributed by atoms with Crippen LogP contribution in [0.25, 0.3) is 0 Å². The maximum absolute atomic E-state index is 11.1. The molecular formula is C12H12N4O3. The van der Waals surface area contributed by atoms with Crippen LogP contribution in [0.15, 0.2) is 38.0 Å². The predicted octanol–water partition coefficient (Wildman–Crippen LogP) is 1.80. The van der Waals surface area contributed by atoms with Crippen molar-refractivity contribution in [2.45, 2.75) is 13.8 Å². The van der Waals surface area contributed by atoms with Crippen LogP contribution in [0.5, 0.6) is 5.75 Å². The number of azo groups is 1. The molecule has 0 aliphatic heterocycles. The van der Waals surface area contributed by atoms with E-state index in [1.54, 1.807) is 26.0 Å². The maximum Gasteiger partial charge on any atom is 0.327 e. The molecule has 1 aromatic carbocycles. The fraction of sp³-hybridized carbons (Fsp3) is 0.167. The molecule has 0 aliphatic rings. The highest BCUT2D eigenvalue weighted by Crippen LogP contribution is 2.27. The predicted molar refractivity (Wildman–Crippen MR) is 69.4 cm³/mol. The number of hydrogen-bond donors (Lipinski definition) is 3. The minimum absolute atomic E-state index is 0.0668. The van der Waals surface area contributed by atoms with Gasteiger partial charge in [0.05, 0.1) is 5.69 Å². The number of phenols is 1. The van der Waals surface area contributed by atoms with Gasteiger partial charge in [-0.1, -0.05) is 0 Å². The Bertz CT molecular complexity index is 707. The molecule has 0 saturated carbocycles. The lowest BCUT2D eigenvalue weighted by atomic mass is 10.1. The molecule has 7 heteroatoms. The van der Waals surface area contributed by atoms with Crippen molar-refractivity contribution in [1.29, 1.82) is 0 Å². The lowest BCUT2D eigenvalue weighted by molar-refractivity contribution is 0.467. The summed E-state index contributed by atoms with van der Waals surface area (Å²) in [5.41, 5.74) is 0.686. The Morgan fingerprint density at radius 3 is 2.21 bits per heavy atom. The van der Waals surface area contributed by atoms with E-state index < -0.39 is 11.2 Å². The smallest absolute Gasteiger partial charge is 0.327 e. The monoisotopic (exact) mass is 260 g/mol. The third-order valence-corrected chi connectivity index (χ3v) is 2.50. The van der Waals surface area contributed by atoms with E-state index in [2.05, 4.69) is 15.2 Å². The molecule has 0 radical (unpaired) electrons. The molecule has 2 aromatic rings. The van der Waals surface area contributed by atoms with Crippen LogP contribution in [0.4, 0.5) is 11.5 Å². The minimum atomic E-state index is -0.639. The van der Waals surface area contributed by atoms with Gasteiger partial charge < -0.3 is 5.11 Å².